The van der Waals surface area contributed by atoms with Crippen molar-refractivity contribution in [3.8, 4) is 0 Å². The normalized spacial score (nSPS) is 11.5. The molecule has 0 radical (unpaired) electrons. The monoisotopic (exact) mass is 223 g/mol. The van der Waals surface area contributed by atoms with Gasteiger partial charge in [0, 0.05) is 0 Å². The van der Waals surface area contributed by atoms with Gasteiger partial charge in [0.2, 0.25) is 0 Å². The van der Waals surface area contributed by atoms with Gasteiger partial charge in [0.05, 0.1) is 18.1 Å². The van der Waals surface area contributed by atoms with E-state index in [1.54, 1.807) is 4.90 Å². The van der Waals surface area contributed by atoms with E-state index in [0.717, 1.165) is 18.1 Å². The van der Waals surface area contributed by atoms with E-state index in [4.69, 9.17) is 0 Å². The molecule has 0 aromatic rings. The molecule has 0 spiro atoms. The fraction of sp³-hybridized carbons (Fsp3) is 1.00. The van der Waals surface area contributed by atoms with E-state index in [-0.39, 0.29) is 17.0 Å². The Morgan fingerprint density at radius 1 is 0.636 bits per heavy atom. The Hall–Kier alpha value is 0.440. The summed E-state index contributed by atoms with van der Waals surface area (Å²) in [6, 6.07) is 2.25. The molecule has 0 fully saturated rings. The molecule has 70 valence electrons. The molecule has 0 aliphatic heterocycles. The molecule has 11 heavy (non-hydrogen) atoms. The van der Waals surface area contributed by atoms with Gasteiger partial charge in [0.15, 0.2) is 0 Å². The number of rotatable bonds is 3. The lowest BCUT2D eigenvalue weighted by atomic mass is 10.2. The first-order valence-electron chi connectivity index (χ1n) is 4.33. The van der Waals surface area contributed by atoms with Gasteiger partial charge < -0.3 is 21.9 Å². The van der Waals surface area contributed by atoms with Gasteiger partial charge in [0.25, 0.3) is 0 Å². The van der Waals surface area contributed by atoms with Gasteiger partial charge in [0.1, 0.15) is 0 Å². The molecule has 0 aliphatic rings. The summed E-state index contributed by atoms with van der Waals surface area (Å²) in [5.41, 5.74) is 0. The lowest BCUT2D eigenvalue weighted by Gasteiger charge is -2.31. The number of halogens is 1. The third kappa shape index (κ3) is 4.81. The summed E-state index contributed by atoms with van der Waals surface area (Å²) in [6.07, 6.45) is 0. The first-order chi connectivity index (χ1) is 4.46. The smallest absolute Gasteiger partial charge is 0.0821 e. The fourth-order valence-corrected chi connectivity index (χ4v) is 2.00. The van der Waals surface area contributed by atoms with Crippen LogP contribution in [-0.4, -0.2) is 18.1 Å². The molecule has 0 heterocycles. The van der Waals surface area contributed by atoms with Crippen LogP contribution in [0, 0.1) is 0 Å². The molecule has 0 unspecified atom stereocenters. The van der Waals surface area contributed by atoms with Crippen LogP contribution in [0.15, 0.2) is 0 Å². The number of quaternary nitrogens is 1. The maximum atomic E-state index is 2.29. The lowest BCUT2D eigenvalue weighted by Crippen LogP contribution is -3.20. The van der Waals surface area contributed by atoms with Gasteiger partial charge in [-0.15, -0.1) is 0 Å². The third-order valence-electron chi connectivity index (χ3n) is 2.00. The Bertz CT molecular complexity index is 70.5. The summed E-state index contributed by atoms with van der Waals surface area (Å²) in [4.78, 5) is 1.69. The first-order valence-corrected chi connectivity index (χ1v) is 4.33. The van der Waals surface area contributed by atoms with Crippen molar-refractivity contribution in [1.82, 2.24) is 0 Å². The average Bonchev–Trinajstić information content (AvgIpc) is 1.59. The van der Waals surface area contributed by atoms with Crippen LogP contribution in [0.4, 0.5) is 0 Å². The molecule has 0 atom stereocenters. The highest BCUT2D eigenvalue weighted by Gasteiger charge is 2.19. The Morgan fingerprint density at radius 2 is 0.818 bits per heavy atom. The minimum absolute atomic E-state index is 0. The van der Waals surface area contributed by atoms with Crippen molar-refractivity contribution in [1.29, 1.82) is 0 Å². The molecule has 0 saturated carbocycles. The van der Waals surface area contributed by atoms with Crippen LogP contribution in [0.2, 0.25) is 0 Å². The zero-order chi connectivity index (χ0) is 8.31. The summed E-state index contributed by atoms with van der Waals surface area (Å²) < 4.78 is 0. The van der Waals surface area contributed by atoms with Gasteiger partial charge in [-0.1, -0.05) is 0 Å². The number of hydrogen-bond donors (Lipinski definition) is 1. The molecule has 0 bridgehead atoms. The van der Waals surface area contributed by atoms with Crippen molar-refractivity contribution in [3.63, 3.8) is 0 Å². The van der Waals surface area contributed by atoms with Crippen molar-refractivity contribution in [2.24, 2.45) is 0 Å². The maximum Gasteiger partial charge on any atom is 0.0821 e. The van der Waals surface area contributed by atoms with Crippen molar-refractivity contribution in [2.75, 3.05) is 0 Å². The Labute approximate surface area is 81.9 Å². The van der Waals surface area contributed by atoms with Crippen molar-refractivity contribution >= 4 is 0 Å². The van der Waals surface area contributed by atoms with Crippen molar-refractivity contribution in [2.45, 2.75) is 59.7 Å². The van der Waals surface area contributed by atoms with Crippen LogP contribution >= 0.6 is 0 Å². The second-order valence-electron chi connectivity index (χ2n) is 3.96. The van der Waals surface area contributed by atoms with E-state index in [1.165, 1.54) is 0 Å². The molecule has 0 saturated heterocycles. The predicted octanol–water partition coefficient (Wildman–Crippen LogP) is -1.90. The predicted molar refractivity (Wildman–Crippen MR) is 46.4 cm³/mol. The molecule has 0 aromatic heterocycles. The van der Waals surface area contributed by atoms with Gasteiger partial charge in [-0.2, -0.15) is 0 Å². The van der Waals surface area contributed by atoms with Gasteiger partial charge >= 0.3 is 0 Å². The van der Waals surface area contributed by atoms with Gasteiger partial charge in [-0.05, 0) is 41.5 Å². The first kappa shape index (κ1) is 14.0. The summed E-state index contributed by atoms with van der Waals surface area (Å²) in [5.74, 6) is 0. The van der Waals surface area contributed by atoms with Crippen LogP contribution in [0.3, 0.4) is 0 Å². The van der Waals surface area contributed by atoms with E-state index in [2.05, 4.69) is 41.5 Å². The fourth-order valence-electron chi connectivity index (χ4n) is 2.00. The lowest BCUT2D eigenvalue weighted by molar-refractivity contribution is -0.962. The van der Waals surface area contributed by atoms with Crippen LogP contribution in [0.5, 0.6) is 0 Å². The van der Waals surface area contributed by atoms with Crippen LogP contribution in [-0.2, 0) is 0 Å². The van der Waals surface area contributed by atoms with E-state index in [0.29, 0.717) is 0 Å². The van der Waals surface area contributed by atoms with Crippen molar-refractivity contribution < 1.29 is 21.9 Å². The molecular formula is C9H22BrN. The van der Waals surface area contributed by atoms with E-state index in [9.17, 15) is 0 Å². The third-order valence-corrected chi connectivity index (χ3v) is 2.00. The molecule has 0 aromatic carbocycles. The highest BCUT2D eigenvalue weighted by atomic mass is 79.9. The molecular weight excluding hydrogens is 202 g/mol. The Kier molecular flexibility index (Phi) is 7.65. The summed E-state index contributed by atoms with van der Waals surface area (Å²) in [7, 11) is 0. The molecule has 0 amide bonds. The summed E-state index contributed by atoms with van der Waals surface area (Å²) in [5, 5.41) is 0. The highest BCUT2D eigenvalue weighted by molar-refractivity contribution is 4.45. The van der Waals surface area contributed by atoms with E-state index < -0.39 is 0 Å². The largest absolute Gasteiger partial charge is 1.00 e. The Morgan fingerprint density at radius 3 is 0.818 bits per heavy atom. The maximum absolute atomic E-state index is 2.29. The second kappa shape index (κ2) is 6.01. The minimum atomic E-state index is 0. The zero-order valence-electron chi connectivity index (χ0n) is 8.61. The minimum Gasteiger partial charge on any atom is -1.00 e. The van der Waals surface area contributed by atoms with E-state index >= 15 is 0 Å². The summed E-state index contributed by atoms with van der Waals surface area (Å²) in [6.45, 7) is 13.7. The topological polar surface area (TPSA) is 4.44 Å². The Balaban J connectivity index is 0. The van der Waals surface area contributed by atoms with Crippen LogP contribution in [0.25, 0.3) is 0 Å². The number of hydrogen-bond acceptors (Lipinski definition) is 0. The van der Waals surface area contributed by atoms with Crippen LogP contribution in [0.1, 0.15) is 41.5 Å². The zero-order valence-corrected chi connectivity index (χ0v) is 10.2. The summed E-state index contributed by atoms with van der Waals surface area (Å²) >= 11 is 0. The van der Waals surface area contributed by atoms with Crippen LogP contribution < -0.4 is 21.9 Å². The molecule has 2 heteroatoms. The van der Waals surface area contributed by atoms with Gasteiger partial charge in [-0.3, -0.25) is 0 Å². The number of nitrogens with one attached hydrogen (secondary N) is 1. The molecule has 0 aliphatic carbocycles. The molecule has 1 nitrogen and oxygen atoms in total. The highest BCUT2D eigenvalue weighted by Crippen LogP contribution is 1.81. The molecule has 0 rings (SSSR count). The van der Waals surface area contributed by atoms with Gasteiger partial charge in [-0.25, -0.2) is 0 Å². The SMILES string of the molecule is CC(C)[NH+](C(C)C)C(C)C.[Br-]. The quantitative estimate of drug-likeness (QED) is 0.571. The average molecular weight is 224 g/mol. The second-order valence-corrected chi connectivity index (χ2v) is 3.96. The molecule has 1 N–H and O–H groups in total. The van der Waals surface area contributed by atoms with Crippen molar-refractivity contribution in [3.05, 3.63) is 0 Å². The van der Waals surface area contributed by atoms with E-state index in [1.807, 2.05) is 0 Å². The standard InChI is InChI=1S/C9H21N.BrH/c1-7(2)10(8(3)4)9(5)6;/h7-9H,1-6H3;1H.